The van der Waals surface area contributed by atoms with Crippen molar-refractivity contribution in [2.24, 2.45) is 0 Å². The predicted octanol–water partition coefficient (Wildman–Crippen LogP) is 4.26. The third-order valence-corrected chi connectivity index (χ3v) is 10.1. The summed E-state index contributed by atoms with van der Waals surface area (Å²) >= 11 is 4.35. The first-order valence-electron chi connectivity index (χ1n) is 8.56. The van der Waals surface area contributed by atoms with E-state index in [1.54, 1.807) is 13.1 Å². The Hall–Kier alpha value is -0.940. The van der Waals surface area contributed by atoms with Crippen molar-refractivity contribution in [1.82, 2.24) is 4.31 Å². The molecule has 0 atom stereocenters. The molecule has 1 fully saturated rings. The second kappa shape index (κ2) is 8.20. The molecule has 10 heteroatoms. The molecule has 1 aromatic heterocycles. The Bertz CT molecular complexity index is 995. The first-order chi connectivity index (χ1) is 12.7. The molecule has 6 nitrogen and oxygen atoms in total. The van der Waals surface area contributed by atoms with Crippen LogP contribution in [0.4, 0.5) is 5.69 Å². The third kappa shape index (κ3) is 4.73. The summed E-state index contributed by atoms with van der Waals surface area (Å²) in [4.78, 5) is 0.164. The van der Waals surface area contributed by atoms with Crippen molar-refractivity contribution < 1.29 is 16.8 Å². The summed E-state index contributed by atoms with van der Waals surface area (Å²) in [7, 11) is -5.67. The molecule has 1 heterocycles. The van der Waals surface area contributed by atoms with E-state index in [9.17, 15) is 16.8 Å². The number of nitrogens with zero attached hydrogens (tertiary/aromatic N) is 1. The van der Waals surface area contributed by atoms with Crippen LogP contribution in [-0.4, -0.2) is 34.2 Å². The molecule has 0 aliphatic heterocycles. The highest BCUT2D eigenvalue weighted by molar-refractivity contribution is 9.11. The van der Waals surface area contributed by atoms with E-state index < -0.39 is 20.0 Å². The Labute approximate surface area is 172 Å². The van der Waals surface area contributed by atoms with Crippen molar-refractivity contribution in [2.75, 3.05) is 11.8 Å². The molecule has 0 amide bonds. The molecule has 1 aliphatic carbocycles. The maximum atomic E-state index is 12.8. The van der Waals surface area contributed by atoms with Gasteiger partial charge in [0.1, 0.15) is 4.21 Å². The van der Waals surface area contributed by atoms with Gasteiger partial charge in [0, 0.05) is 18.8 Å². The van der Waals surface area contributed by atoms with Crippen LogP contribution in [0.2, 0.25) is 0 Å². The summed E-state index contributed by atoms with van der Waals surface area (Å²) in [5.41, 5.74) is 0.318. The van der Waals surface area contributed by atoms with Gasteiger partial charge in [-0.05, 0) is 65.2 Å². The Morgan fingerprint density at radius 1 is 1.00 bits per heavy atom. The van der Waals surface area contributed by atoms with E-state index in [1.165, 1.54) is 34.6 Å². The van der Waals surface area contributed by atoms with Gasteiger partial charge in [-0.1, -0.05) is 19.3 Å². The summed E-state index contributed by atoms with van der Waals surface area (Å²) < 4.78 is 55.2. The summed E-state index contributed by atoms with van der Waals surface area (Å²) in [6.07, 6.45) is 5.00. The second-order valence-corrected chi connectivity index (χ2v) is 12.9. The van der Waals surface area contributed by atoms with Gasteiger partial charge in [0.2, 0.25) is 10.0 Å². The van der Waals surface area contributed by atoms with Crippen molar-refractivity contribution in [3.63, 3.8) is 0 Å². The van der Waals surface area contributed by atoms with Crippen LogP contribution in [0.1, 0.15) is 32.1 Å². The van der Waals surface area contributed by atoms with Gasteiger partial charge in [-0.15, -0.1) is 11.3 Å². The van der Waals surface area contributed by atoms with Crippen LogP contribution in [0, 0.1) is 0 Å². The number of rotatable bonds is 6. The Balaban J connectivity index is 1.76. The molecule has 1 saturated carbocycles. The molecule has 2 aromatic rings. The highest BCUT2D eigenvalue weighted by atomic mass is 79.9. The largest absolute Gasteiger partial charge is 0.279 e. The van der Waals surface area contributed by atoms with Crippen LogP contribution in [-0.2, 0) is 20.0 Å². The number of thiophene rings is 1. The van der Waals surface area contributed by atoms with Gasteiger partial charge in [-0.2, -0.15) is 4.31 Å². The van der Waals surface area contributed by atoms with E-state index >= 15 is 0 Å². The molecule has 0 unspecified atom stereocenters. The van der Waals surface area contributed by atoms with Crippen LogP contribution < -0.4 is 4.72 Å². The average molecular weight is 493 g/mol. The van der Waals surface area contributed by atoms with Crippen molar-refractivity contribution in [3.8, 4) is 0 Å². The van der Waals surface area contributed by atoms with E-state index in [4.69, 9.17) is 0 Å². The standard InChI is InChI=1S/C17H21BrN2O4S3/c1-20(14-5-3-2-4-6-14)27(23,24)15-9-7-13(8-10-15)19-26(21,22)17-12-11-16(18)25-17/h7-12,14,19H,2-6H2,1H3. The van der Waals surface area contributed by atoms with Gasteiger partial charge in [0.15, 0.2) is 0 Å². The molecule has 1 aromatic carbocycles. The van der Waals surface area contributed by atoms with E-state index in [0.29, 0.717) is 5.69 Å². The third-order valence-electron chi connectivity index (χ3n) is 4.69. The molecule has 0 spiro atoms. The SMILES string of the molecule is CN(C1CCCCC1)S(=O)(=O)c1ccc(NS(=O)(=O)c2ccc(Br)s2)cc1. The van der Waals surface area contributed by atoms with Gasteiger partial charge < -0.3 is 0 Å². The smallest absolute Gasteiger partial charge is 0.271 e. The summed E-state index contributed by atoms with van der Waals surface area (Å²) in [5.74, 6) is 0. The topological polar surface area (TPSA) is 83.6 Å². The lowest BCUT2D eigenvalue weighted by Gasteiger charge is -2.30. The fraction of sp³-hybridized carbons (Fsp3) is 0.412. The molecule has 27 heavy (non-hydrogen) atoms. The minimum Gasteiger partial charge on any atom is -0.279 e. The summed E-state index contributed by atoms with van der Waals surface area (Å²) in [6, 6.07) is 9.03. The first-order valence-corrected chi connectivity index (χ1v) is 13.1. The zero-order valence-electron chi connectivity index (χ0n) is 14.8. The fourth-order valence-electron chi connectivity index (χ4n) is 3.15. The minimum absolute atomic E-state index is 0.0270. The lowest BCUT2D eigenvalue weighted by atomic mass is 9.96. The van der Waals surface area contributed by atoms with Crippen LogP contribution in [0.25, 0.3) is 0 Å². The summed E-state index contributed by atoms with van der Waals surface area (Å²) in [6.45, 7) is 0. The fourth-order valence-corrected chi connectivity index (χ4v) is 7.63. The second-order valence-electron chi connectivity index (χ2n) is 6.50. The molecule has 3 rings (SSSR count). The van der Waals surface area contributed by atoms with E-state index in [-0.39, 0.29) is 15.1 Å². The number of hydrogen-bond acceptors (Lipinski definition) is 5. The van der Waals surface area contributed by atoms with E-state index in [1.807, 2.05) is 0 Å². The van der Waals surface area contributed by atoms with Gasteiger partial charge in [0.25, 0.3) is 10.0 Å². The van der Waals surface area contributed by atoms with Gasteiger partial charge in [0.05, 0.1) is 8.68 Å². The van der Waals surface area contributed by atoms with Crippen LogP contribution in [0.3, 0.4) is 0 Å². The maximum Gasteiger partial charge on any atom is 0.271 e. The van der Waals surface area contributed by atoms with Gasteiger partial charge in [-0.3, -0.25) is 4.72 Å². The zero-order valence-corrected chi connectivity index (χ0v) is 18.8. The molecular weight excluding hydrogens is 472 g/mol. The van der Waals surface area contributed by atoms with Crippen LogP contribution in [0.15, 0.2) is 49.3 Å². The Kier molecular flexibility index (Phi) is 6.31. The van der Waals surface area contributed by atoms with E-state index in [2.05, 4.69) is 20.7 Å². The molecule has 0 saturated heterocycles. The normalized spacial score (nSPS) is 16.6. The highest BCUT2D eigenvalue weighted by Crippen LogP contribution is 2.29. The molecular formula is C17H21BrN2O4S3. The number of sulfonamides is 2. The number of nitrogens with one attached hydrogen (secondary N) is 1. The molecule has 0 bridgehead atoms. The molecule has 1 N–H and O–H groups in total. The van der Waals surface area contributed by atoms with Crippen LogP contribution in [0.5, 0.6) is 0 Å². The number of hydrogen-bond donors (Lipinski definition) is 1. The number of benzene rings is 1. The van der Waals surface area contributed by atoms with Crippen molar-refractivity contribution in [3.05, 3.63) is 40.2 Å². The van der Waals surface area contributed by atoms with Crippen molar-refractivity contribution in [1.29, 1.82) is 0 Å². The van der Waals surface area contributed by atoms with Crippen molar-refractivity contribution >= 4 is 53.0 Å². The van der Waals surface area contributed by atoms with Gasteiger partial charge in [-0.25, -0.2) is 16.8 Å². The van der Waals surface area contributed by atoms with E-state index in [0.717, 1.165) is 47.2 Å². The first kappa shape index (κ1) is 20.8. The zero-order chi connectivity index (χ0) is 19.7. The lowest BCUT2D eigenvalue weighted by Crippen LogP contribution is -2.38. The maximum absolute atomic E-state index is 12.8. The lowest BCUT2D eigenvalue weighted by molar-refractivity contribution is 0.286. The highest BCUT2D eigenvalue weighted by Gasteiger charge is 2.29. The molecule has 1 aliphatic rings. The van der Waals surface area contributed by atoms with Gasteiger partial charge >= 0.3 is 0 Å². The Morgan fingerprint density at radius 3 is 2.19 bits per heavy atom. The monoisotopic (exact) mass is 492 g/mol. The quantitative estimate of drug-likeness (QED) is 0.652. The minimum atomic E-state index is -3.70. The van der Waals surface area contributed by atoms with Crippen molar-refractivity contribution in [2.45, 2.75) is 47.3 Å². The predicted molar refractivity (Wildman–Crippen MR) is 111 cm³/mol. The molecule has 0 radical (unpaired) electrons. The summed E-state index contributed by atoms with van der Waals surface area (Å²) in [5, 5.41) is 0. The average Bonchev–Trinajstić information content (AvgIpc) is 3.09. The Morgan fingerprint density at radius 2 is 1.63 bits per heavy atom. The number of anilines is 1. The number of halogens is 1. The molecule has 148 valence electrons. The van der Waals surface area contributed by atoms with Crippen LogP contribution >= 0.6 is 27.3 Å².